The first-order chi connectivity index (χ1) is 12.3. The predicted molar refractivity (Wildman–Crippen MR) is 96.9 cm³/mol. The number of carbonyl (C=O) groups excluding carboxylic acids is 2. The number of aromatic nitrogens is 1. The molecule has 1 aromatic carbocycles. The summed E-state index contributed by atoms with van der Waals surface area (Å²) in [7, 11) is 0. The van der Waals surface area contributed by atoms with Crippen LogP contribution in [-0.4, -0.2) is 27.9 Å². The summed E-state index contributed by atoms with van der Waals surface area (Å²) >= 11 is 0. The Morgan fingerprint density at radius 1 is 1.15 bits per heavy atom. The summed E-state index contributed by atoms with van der Waals surface area (Å²) in [6, 6.07) is 9.71. The highest BCUT2D eigenvalue weighted by Gasteiger charge is 2.11. The molecule has 136 valence electrons. The van der Waals surface area contributed by atoms with Crippen molar-refractivity contribution in [2.75, 3.05) is 5.32 Å². The van der Waals surface area contributed by atoms with Crippen LogP contribution in [0.2, 0.25) is 0 Å². The molecular formula is C19H21N3O4. The van der Waals surface area contributed by atoms with Crippen LogP contribution in [0.5, 0.6) is 0 Å². The van der Waals surface area contributed by atoms with Gasteiger partial charge in [-0.3, -0.25) is 14.6 Å². The van der Waals surface area contributed by atoms with Crippen LogP contribution in [0.25, 0.3) is 0 Å². The first-order valence-corrected chi connectivity index (χ1v) is 8.21. The standard InChI is InChI=1S/C19H21N3O4/c1-12(2)8-17(23)22-15-5-3-4-13(9-15)11-21-18(24)16-10-14(19(25)26)6-7-20-16/h3-7,9-10,12H,8,11H2,1-2H3,(H,21,24)(H,22,23)(H,25,26). The van der Waals surface area contributed by atoms with E-state index in [0.717, 1.165) is 5.56 Å². The van der Waals surface area contributed by atoms with E-state index in [1.165, 1.54) is 18.3 Å². The third-order valence-corrected chi connectivity index (χ3v) is 3.50. The van der Waals surface area contributed by atoms with E-state index in [4.69, 9.17) is 5.11 Å². The Morgan fingerprint density at radius 2 is 1.92 bits per heavy atom. The topological polar surface area (TPSA) is 108 Å². The molecule has 0 aliphatic rings. The van der Waals surface area contributed by atoms with Crippen molar-refractivity contribution in [2.45, 2.75) is 26.8 Å². The fraction of sp³-hybridized carbons (Fsp3) is 0.263. The number of rotatable bonds is 7. The molecule has 0 aliphatic carbocycles. The second-order valence-corrected chi connectivity index (χ2v) is 6.26. The van der Waals surface area contributed by atoms with E-state index in [-0.39, 0.29) is 29.6 Å². The Balaban J connectivity index is 1.98. The molecule has 0 spiro atoms. The van der Waals surface area contributed by atoms with Crippen LogP contribution in [0, 0.1) is 5.92 Å². The lowest BCUT2D eigenvalue weighted by molar-refractivity contribution is -0.116. The number of hydrogen-bond acceptors (Lipinski definition) is 4. The van der Waals surface area contributed by atoms with Crippen LogP contribution in [0.15, 0.2) is 42.6 Å². The number of hydrogen-bond donors (Lipinski definition) is 3. The van der Waals surface area contributed by atoms with E-state index in [1.54, 1.807) is 18.2 Å². The number of aromatic carboxylic acids is 1. The molecule has 7 heteroatoms. The van der Waals surface area contributed by atoms with Crippen molar-refractivity contribution < 1.29 is 19.5 Å². The molecule has 1 heterocycles. The van der Waals surface area contributed by atoms with Crippen LogP contribution in [-0.2, 0) is 11.3 Å². The summed E-state index contributed by atoms with van der Waals surface area (Å²) in [6.45, 7) is 4.17. The summed E-state index contributed by atoms with van der Waals surface area (Å²) in [5, 5.41) is 14.5. The number of nitrogens with one attached hydrogen (secondary N) is 2. The molecule has 3 N–H and O–H groups in total. The number of anilines is 1. The summed E-state index contributed by atoms with van der Waals surface area (Å²) in [5.41, 5.74) is 1.50. The van der Waals surface area contributed by atoms with Gasteiger partial charge in [-0.1, -0.05) is 26.0 Å². The van der Waals surface area contributed by atoms with Crippen molar-refractivity contribution >= 4 is 23.5 Å². The third-order valence-electron chi connectivity index (χ3n) is 3.50. The molecule has 0 bridgehead atoms. The lowest BCUT2D eigenvalue weighted by Crippen LogP contribution is -2.24. The molecule has 0 saturated heterocycles. The van der Waals surface area contributed by atoms with Crippen molar-refractivity contribution in [2.24, 2.45) is 5.92 Å². The molecule has 2 aromatic rings. The van der Waals surface area contributed by atoms with Gasteiger partial charge < -0.3 is 15.7 Å². The van der Waals surface area contributed by atoms with Crippen LogP contribution >= 0.6 is 0 Å². The van der Waals surface area contributed by atoms with E-state index in [2.05, 4.69) is 15.6 Å². The van der Waals surface area contributed by atoms with Crippen molar-refractivity contribution in [1.29, 1.82) is 0 Å². The zero-order valence-corrected chi connectivity index (χ0v) is 14.7. The van der Waals surface area contributed by atoms with Crippen molar-refractivity contribution in [3.8, 4) is 0 Å². The molecule has 0 unspecified atom stereocenters. The molecule has 2 amide bonds. The smallest absolute Gasteiger partial charge is 0.335 e. The minimum atomic E-state index is -1.12. The molecule has 0 saturated carbocycles. The van der Waals surface area contributed by atoms with Crippen LogP contribution in [0.1, 0.15) is 46.7 Å². The summed E-state index contributed by atoms with van der Waals surface area (Å²) in [6.07, 6.45) is 1.72. The van der Waals surface area contributed by atoms with Gasteiger partial charge in [-0.15, -0.1) is 0 Å². The normalized spacial score (nSPS) is 10.4. The van der Waals surface area contributed by atoms with Gasteiger partial charge >= 0.3 is 5.97 Å². The lowest BCUT2D eigenvalue weighted by atomic mass is 10.1. The highest BCUT2D eigenvalue weighted by molar-refractivity contribution is 5.95. The Hall–Kier alpha value is -3.22. The number of nitrogens with zero attached hydrogens (tertiary/aromatic N) is 1. The van der Waals surface area contributed by atoms with Gasteiger partial charge in [0.1, 0.15) is 5.69 Å². The van der Waals surface area contributed by atoms with Gasteiger partial charge in [0.05, 0.1) is 5.56 Å². The minimum absolute atomic E-state index is 0.0000114. The van der Waals surface area contributed by atoms with Gasteiger partial charge in [0.15, 0.2) is 0 Å². The van der Waals surface area contributed by atoms with E-state index in [9.17, 15) is 14.4 Å². The fourth-order valence-electron chi connectivity index (χ4n) is 2.30. The quantitative estimate of drug-likeness (QED) is 0.707. The van der Waals surface area contributed by atoms with Gasteiger partial charge in [0, 0.05) is 24.8 Å². The van der Waals surface area contributed by atoms with Crippen LogP contribution < -0.4 is 10.6 Å². The second-order valence-electron chi connectivity index (χ2n) is 6.26. The summed E-state index contributed by atoms with van der Waals surface area (Å²) in [5.74, 6) is -1.38. The maximum absolute atomic E-state index is 12.1. The maximum atomic E-state index is 12.1. The highest BCUT2D eigenvalue weighted by atomic mass is 16.4. The molecular weight excluding hydrogens is 334 g/mol. The Bertz CT molecular complexity index is 818. The van der Waals surface area contributed by atoms with E-state index < -0.39 is 11.9 Å². The molecule has 0 fully saturated rings. The third kappa shape index (κ3) is 5.70. The number of amides is 2. The first-order valence-electron chi connectivity index (χ1n) is 8.21. The predicted octanol–water partition coefficient (Wildman–Crippen LogP) is 2.69. The molecule has 7 nitrogen and oxygen atoms in total. The molecule has 0 atom stereocenters. The van der Waals surface area contributed by atoms with E-state index in [1.807, 2.05) is 19.9 Å². The van der Waals surface area contributed by atoms with Gasteiger partial charge in [-0.2, -0.15) is 0 Å². The minimum Gasteiger partial charge on any atom is -0.478 e. The van der Waals surface area contributed by atoms with Crippen LogP contribution in [0.3, 0.4) is 0 Å². The fourth-order valence-corrected chi connectivity index (χ4v) is 2.30. The van der Waals surface area contributed by atoms with E-state index >= 15 is 0 Å². The number of benzene rings is 1. The second kappa shape index (κ2) is 8.75. The van der Waals surface area contributed by atoms with Gasteiger partial charge in [0.2, 0.25) is 5.91 Å². The zero-order chi connectivity index (χ0) is 19.1. The Morgan fingerprint density at radius 3 is 2.62 bits per heavy atom. The number of pyridine rings is 1. The Kier molecular flexibility index (Phi) is 6.43. The van der Waals surface area contributed by atoms with Gasteiger partial charge in [-0.25, -0.2) is 4.79 Å². The van der Waals surface area contributed by atoms with Crippen LogP contribution in [0.4, 0.5) is 5.69 Å². The van der Waals surface area contributed by atoms with Gasteiger partial charge in [-0.05, 0) is 35.7 Å². The van der Waals surface area contributed by atoms with E-state index in [0.29, 0.717) is 12.1 Å². The molecule has 0 aliphatic heterocycles. The average Bonchev–Trinajstić information content (AvgIpc) is 2.59. The molecule has 2 rings (SSSR count). The maximum Gasteiger partial charge on any atom is 0.335 e. The largest absolute Gasteiger partial charge is 0.478 e. The zero-order valence-electron chi connectivity index (χ0n) is 14.7. The summed E-state index contributed by atoms with van der Waals surface area (Å²) < 4.78 is 0. The highest BCUT2D eigenvalue weighted by Crippen LogP contribution is 2.12. The Labute approximate surface area is 151 Å². The average molecular weight is 355 g/mol. The van der Waals surface area contributed by atoms with Gasteiger partial charge in [0.25, 0.3) is 5.91 Å². The lowest BCUT2D eigenvalue weighted by Gasteiger charge is -2.10. The molecule has 1 aromatic heterocycles. The SMILES string of the molecule is CC(C)CC(=O)Nc1cccc(CNC(=O)c2cc(C(=O)O)ccn2)c1. The number of carboxylic acid groups (broad SMARTS) is 1. The monoisotopic (exact) mass is 355 g/mol. The number of carboxylic acids is 1. The number of carbonyl (C=O) groups is 3. The van der Waals surface area contributed by atoms with Crippen molar-refractivity contribution in [3.63, 3.8) is 0 Å². The summed E-state index contributed by atoms with van der Waals surface area (Å²) in [4.78, 5) is 38.8. The molecule has 26 heavy (non-hydrogen) atoms. The molecule has 0 radical (unpaired) electrons. The van der Waals surface area contributed by atoms with Crippen molar-refractivity contribution in [3.05, 3.63) is 59.4 Å². The van der Waals surface area contributed by atoms with Crippen molar-refractivity contribution in [1.82, 2.24) is 10.3 Å². The first kappa shape index (κ1) is 19.1.